The molecule has 4 heterocycles. The van der Waals surface area contributed by atoms with E-state index in [9.17, 15) is 14.7 Å². The molecule has 4 aliphatic heterocycles. The van der Waals surface area contributed by atoms with Crippen LogP contribution in [0.2, 0.25) is 18.6 Å². The first-order valence-electron chi connectivity index (χ1n) is 20.1. The summed E-state index contributed by atoms with van der Waals surface area (Å²) in [6, 6.07) is 34.9. The largest absolute Gasteiger partial charge is 0.497 e. The fourth-order valence-electron chi connectivity index (χ4n) is 9.88. The van der Waals surface area contributed by atoms with Gasteiger partial charge in [-0.15, -0.1) is 0 Å². The van der Waals surface area contributed by atoms with Crippen molar-refractivity contribution in [2.24, 2.45) is 5.92 Å². The number of amides is 3. The van der Waals surface area contributed by atoms with E-state index in [2.05, 4.69) is 0 Å². The lowest BCUT2D eigenvalue weighted by molar-refractivity contribution is -0.151. The topological polar surface area (TPSA) is 109 Å². The van der Waals surface area contributed by atoms with Crippen LogP contribution in [0.25, 0.3) is 0 Å². The molecule has 1 fully saturated rings. The average molecular weight is 812 g/mol. The lowest BCUT2D eigenvalue weighted by Gasteiger charge is -2.37. The van der Waals surface area contributed by atoms with Crippen LogP contribution in [-0.4, -0.2) is 62.0 Å². The summed E-state index contributed by atoms with van der Waals surface area (Å²) in [4.78, 5) is 48.8. The Kier molecular flexibility index (Phi) is 9.69. The Morgan fingerprint density at radius 2 is 1.63 bits per heavy atom. The number of hydrogen-bond donors (Lipinski definition) is 1. The van der Waals surface area contributed by atoms with Crippen LogP contribution < -0.4 is 19.3 Å². The van der Waals surface area contributed by atoms with Gasteiger partial charge in [0.05, 0.1) is 55.8 Å². The average Bonchev–Trinajstić information content (AvgIpc) is 3.60. The van der Waals surface area contributed by atoms with Gasteiger partial charge >= 0.3 is 0 Å². The third kappa shape index (κ3) is 6.41. The van der Waals surface area contributed by atoms with Crippen LogP contribution in [0.1, 0.15) is 46.0 Å². The Morgan fingerprint density at radius 3 is 2.39 bits per heavy atom. The van der Waals surface area contributed by atoms with E-state index in [-0.39, 0.29) is 37.3 Å². The predicted molar refractivity (Wildman–Crippen MR) is 224 cm³/mol. The zero-order valence-corrected chi connectivity index (χ0v) is 34.4. The molecule has 1 N–H and O–H groups in total. The van der Waals surface area contributed by atoms with Crippen molar-refractivity contribution in [2.75, 3.05) is 23.5 Å². The van der Waals surface area contributed by atoms with Gasteiger partial charge in [-0.25, -0.2) is 0 Å². The highest BCUT2D eigenvalue weighted by atomic mass is 28.4. The number of carbonyl (C=O) groups is 3. The third-order valence-corrected chi connectivity index (χ3v) is 15.0. The fourth-order valence-corrected chi connectivity index (χ4v) is 12.4. The lowest BCUT2D eigenvalue weighted by Crippen LogP contribution is -2.48. The highest BCUT2D eigenvalue weighted by molar-refractivity contribution is 6.72. The van der Waals surface area contributed by atoms with Crippen LogP contribution in [0.5, 0.6) is 17.2 Å². The maximum atomic E-state index is 16.7. The zero-order valence-electron chi connectivity index (χ0n) is 33.4. The highest BCUT2D eigenvalue weighted by Gasteiger charge is 2.67. The number of rotatable bonds is 8. The van der Waals surface area contributed by atoms with Gasteiger partial charge in [-0.05, 0) is 90.8 Å². The van der Waals surface area contributed by atoms with E-state index in [4.69, 9.17) is 14.2 Å². The van der Waals surface area contributed by atoms with Crippen molar-refractivity contribution in [3.05, 3.63) is 143 Å². The Hall–Kier alpha value is -5.82. The second-order valence-corrected chi connectivity index (χ2v) is 20.3. The minimum atomic E-state index is -3.60. The second kappa shape index (κ2) is 14.8. The van der Waals surface area contributed by atoms with Gasteiger partial charge in [0.2, 0.25) is 14.3 Å². The first kappa shape index (κ1) is 38.7. The molecule has 5 aromatic carbocycles. The second-order valence-electron chi connectivity index (χ2n) is 16.5. The number of benzene rings is 5. The number of aliphatic hydroxyl groups is 1. The summed E-state index contributed by atoms with van der Waals surface area (Å²) in [5, 5.41) is 10.4. The molecule has 5 aromatic rings. The fraction of sp³-hybridized carbons (Fsp3) is 0.298. The molecule has 0 saturated carbocycles. The molecule has 0 aliphatic carbocycles. The van der Waals surface area contributed by atoms with E-state index in [0.717, 1.165) is 16.7 Å². The third-order valence-electron chi connectivity index (χ3n) is 12.6. The summed E-state index contributed by atoms with van der Waals surface area (Å²) in [6.07, 6.45) is -0.521. The SMILES string of the molecule is COc1ccc2c(c1)[C@@]1(O[C@H](CC(=O)N3Cc4ccccc4C[C@H]3CO)[C@@H]([Si](C)(C)F)[C@@H]1C)C(=O)N2Cc1cccc(N2C(=O)c3ccccc3Oc3ccccc32)c1. The normalized spacial score (nSPS) is 23.3. The number of anilines is 3. The van der Waals surface area contributed by atoms with Crippen LogP contribution in [0.3, 0.4) is 0 Å². The summed E-state index contributed by atoms with van der Waals surface area (Å²) in [5.74, 6) is 0.0109. The van der Waals surface area contributed by atoms with Gasteiger partial charge in [0.1, 0.15) is 11.5 Å². The van der Waals surface area contributed by atoms with Gasteiger partial charge in [-0.1, -0.05) is 67.6 Å². The van der Waals surface area contributed by atoms with E-state index in [1.807, 2.05) is 91.9 Å². The molecule has 302 valence electrons. The van der Waals surface area contributed by atoms with Gasteiger partial charge in [-0.3, -0.25) is 19.3 Å². The molecule has 5 atom stereocenters. The molecule has 1 saturated heterocycles. The number of halogens is 1. The van der Waals surface area contributed by atoms with Crippen LogP contribution in [0.15, 0.2) is 115 Å². The highest BCUT2D eigenvalue weighted by Crippen LogP contribution is 2.61. The molecule has 1 spiro atoms. The van der Waals surface area contributed by atoms with Crippen LogP contribution >= 0.6 is 0 Å². The number of carbonyl (C=O) groups excluding carboxylic acids is 3. The molecule has 3 amide bonds. The van der Waals surface area contributed by atoms with E-state index < -0.39 is 37.6 Å². The van der Waals surface area contributed by atoms with Crippen molar-refractivity contribution < 1.29 is 37.8 Å². The summed E-state index contributed by atoms with van der Waals surface area (Å²) < 4.78 is 35.6. The number of methoxy groups -OCH3 is 1. The first-order chi connectivity index (χ1) is 28.4. The molecule has 59 heavy (non-hydrogen) atoms. The van der Waals surface area contributed by atoms with Gasteiger partial charge in [-0.2, -0.15) is 0 Å². The van der Waals surface area contributed by atoms with Crippen LogP contribution in [-0.2, 0) is 39.4 Å². The van der Waals surface area contributed by atoms with E-state index in [0.29, 0.717) is 58.4 Å². The zero-order chi connectivity index (χ0) is 41.2. The molecule has 0 radical (unpaired) electrons. The van der Waals surface area contributed by atoms with E-state index >= 15 is 8.90 Å². The molecule has 4 aliphatic rings. The van der Waals surface area contributed by atoms with E-state index in [1.165, 1.54) is 0 Å². The van der Waals surface area contributed by atoms with Crippen molar-refractivity contribution in [1.82, 2.24) is 4.90 Å². The number of para-hydroxylation sites is 3. The van der Waals surface area contributed by atoms with E-state index in [1.54, 1.807) is 65.2 Å². The number of ether oxygens (including phenoxy) is 3. The molecule has 9 rings (SSSR count). The Labute approximate surface area is 343 Å². The van der Waals surface area contributed by atoms with Crippen LogP contribution in [0, 0.1) is 5.92 Å². The molecular formula is C47H46FN3O7Si. The van der Waals surface area contributed by atoms with Crippen molar-refractivity contribution in [3.63, 3.8) is 0 Å². The monoisotopic (exact) mass is 811 g/mol. The Morgan fingerprint density at radius 1 is 0.898 bits per heavy atom. The molecule has 0 aromatic heterocycles. The van der Waals surface area contributed by atoms with Crippen molar-refractivity contribution in [2.45, 2.75) is 69.2 Å². The Bertz CT molecular complexity index is 2490. The van der Waals surface area contributed by atoms with Crippen molar-refractivity contribution in [1.29, 1.82) is 0 Å². The van der Waals surface area contributed by atoms with Crippen molar-refractivity contribution in [3.8, 4) is 17.2 Å². The maximum Gasteiger partial charge on any atom is 0.266 e. The first-order valence-corrected chi connectivity index (χ1v) is 23.0. The number of fused-ring (bicyclic) bond motifs is 5. The Balaban J connectivity index is 1.06. The molecule has 12 heteroatoms. The van der Waals surface area contributed by atoms with Gasteiger partial charge in [0.15, 0.2) is 11.4 Å². The van der Waals surface area contributed by atoms with Crippen molar-refractivity contribution >= 4 is 43.2 Å². The predicted octanol–water partition coefficient (Wildman–Crippen LogP) is 8.44. The molecule has 10 nitrogen and oxygen atoms in total. The minimum absolute atomic E-state index is 0.122. The molecular weight excluding hydrogens is 766 g/mol. The van der Waals surface area contributed by atoms with Gasteiger partial charge in [0.25, 0.3) is 11.8 Å². The lowest BCUT2D eigenvalue weighted by atomic mass is 9.82. The molecule has 0 bridgehead atoms. The van der Waals surface area contributed by atoms with Gasteiger partial charge < -0.3 is 33.2 Å². The standard InChI is InChI=1S/C47H46FN3O7Si/c1-29-44(59(3,4)48)42(25-43(53)49-27-32-14-6-5-13-31(32)23-34(49)28-52)58-47(29)37-24-35(56-2)20-21-38(37)50(46(47)55)26-30-12-11-15-33(22-30)51-39-17-8-10-19-41(39)57-40-18-9-7-16-36(40)45(51)54/h5-22,24,29,34,42,44,52H,23,25-28H2,1-4H3/t29-,34-,42+,44-,47+/m0/s1. The molecule has 0 unspecified atom stereocenters. The van der Waals surface area contributed by atoms with Crippen LogP contribution in [0.4, 0.5) is 21.2 Å². The summed E-state index contributed by atoms with van der Waals surface area (Å²) in [7, 11) is -2.05. The summed E-state index contributed by atoms with van der Waals surface area (Å²) in [5.41, 5.74) is 3.29. The summed E-state index contributed by atoms with van der Waals surface area (Å²) >= 11 is 0. The number of nitrogens with zero attached hydrogens (tertiary/aromatic N) is 3. The summed E-state index contributed by atoms with van der Waals surface area (Å²) in [6.45, 7) is 5.33. The number of aliphatic hydroxyl groups excluding tert-OH is 1. The minimum Gasteiger partial charge on any atom is -0.497 e. The quantitative estimate of drug-likeness (QED) is 0.124. The number of hydrogen-bond acceptors (Lipinski definition) is 7. The van der Waals surface area contributed by atoms with Gasteiger partial charge in [0, 0.05) is 29.3 Å². The smallest absolute Gasteiger partial charge is 0.266 e. The maximum absolute atomic E-state index is 16.7.